The summed E-state index contributed by atoms with van der Waals surface area (Å²) in [6.45, 7) is 6.71. The van der Waals surface area contributed by atoms with E-state index in [1.54, 1.807) is 0 Å². The maximum atomic E-state index is 4.92. The molecule has 2 unspecified atom stereocenters. The number of benzene rings is 1. The molecule has 0 aliphatic carbocycles. The highest BCUT2D eigenvalue weighted by Crippen LogP contribution is 2.30. The van der Waals surface area contributed by atoms with Gasteiger partial charge in [-0.1, -0.05) is 19.1 Å². The Morgan fingerprint density at radius 2 is 2.21 bits per heavy atom. The summed E-state index contributed by atoms with van der Waals surface area (Å²) in [5.74, 6) is 1.91. The van der Waals surface area contributed by atoms with Gasteiger partial charge in [0.05, 0.1) is 11.0 Å². The average Bonchev–Trinajstić information content (AvgIpc) is 2.79. The van der Waals surface area contributed by atoms with Crippen LogP contribution >= 0.6 is 0 Å². The lowest BCUT2D eigenvalue weighted by Gasteiger charge is -2.28. The van der Waals surface area contributed by atoms with Crippen molar-refractivity contribution in [2.24, 2.45) is 0 Å². The van der Waals surface area contributed by atoms with Gasteiger partial charge >= 0.3 is 0 Å². The first-order valence-corrected chi connectivity index (χ1v) is 7.48. The number of fused-ring (bicyclic) bond motifs is 1. The maximum Gasteiger partial charge on any atom is 0.113 e. The van der Waals surface area contributed by atoms with E-state index in [0.717, 1.165) is 25.0 Å². The second-order valence-corrected chi connectivity index (χ2v) is 5.69. The minimum atomic E-state index is 0.605. The fraction of sp³-hybridized carbons (Fsp3) is 0.562. The summed E-state index contributed by atoms with van der Waals surface area (Å²) in [4.78, 5) is 4.92. The zero-order valence-electron chi connectivity index (χ0n) is 11.9. The molecule has 0 bridgehead atoms. The molecule has 102 valence electrons. The molecule has 2 atom stereocenters. The van der Waals surface area contributed by atoms with Gasteiger partial charge in [-0.25, -0.2) is 4.98 Å². The Morgan fingerprint density at radius 1 is 1.37 bits per heavy atom. The van der Waals surface area contributed by atoms with E-state index in [4.69, 9.17) is 4.98 Å². The van der Waals surface area contributed by atoms with Crippen molar-refractivity contribution in [3.05, 3.63) is 30.1 Å². The Labute approximate surface area is 115 Å². The van der Waals surface area contributed by atoms with Crippen LogP contribution in [0.1, 0.15) is 44.9 Å². The largest absolute Gasteiger partial charge is 0.328 e. The maximum absolute atomic E-state index is 4.92. The molecule has 1 aliphatic heterocycles. The molecule has 1 aromatic heterocycles. The summed E-state index contributed by atoms with van der Waals surface area (Å²) in [6.07, 6.45) is 3.57. The molecule has 1 aromatic carbocycles. The van der Waals surface area contributed by atoms with E-state index in [0.29, 0.717) is 12.0 Å². The average molecular weight is 257 g/mol. The highest BCUT2D eigenvalue weighted by molar-refractivity contribution is 5.76. The van der Waals surface area contributed by atoms with Crippen LogP contribution in [0.2, 0.25) is 0 Å². The third-order valence-electron chi connectivity index (χ3n) is 4.12. The number of piperidine rings is 1. The smallest absolute Gasteiger partial charge is 0.113 e. The molecular weight excluding hydrogens is 234 g/mol. The van der Waals surface area contributed by atoms with Gasteiger partial charge in [0.1, 0.15) is 5.82 Å². The van der Waals surface area contributed by atoms with Gasteiger partial charge in [0.15, 0.2) is 0 Å². The predicted octanol–water partition coefficient (Wildman–Crippen LogP) is 3.30. The van der Waals surface area contributed by atoms with Crippen molar-refractivity contribution in [2.45, 2.75) is 51.6 Å². The van der Waals surface area contributed by atoms with E-state index < -0.39 is 0 Å². The minimum absolute atomic E-state index is 0.605. The minimum Gasteiger partial charge on any atom is -0.328 e. The van der Waals surface area contributed by atoms with Gasteiger partial charge in [-0.15, -0.1) is 0 Å². The molecule has 2 aromatic rings. The summed E-state index contributed by atoms with van der Waals surface area (Å²) in [5.41, 5.74) is 2.45. The number of para-hydroxylation sites is 2. The van der Waals surface area contributed by atoms with Crippen molar-refractivity contribution in [3.8, 4) is 0 Å². The third kappa shape index (κ3) is 2.39. The van der Waals surface area contributed by atoms with Crippen molar-refractivity contribution in [1.29, 1.82) is 0 Å². The standard InChI is InChI=1S/C16H23N3/c1-3-10-19-15-7-5-4-6-14(15)18-16(19)13-8-9-17-12(2)11-13/h4-7,12-13,17H,3,8-11H2,1-2H3. The van der Waals surface area contributed by atoms with Gasteiger partial charge in [0, 0.05) is 18.5 Å². The van der Waals surface area contributed by atoms with Gasteiger partial charge in [0.2, 0.25) is 0 Å². The van der Waals surface area contributed by atoms with Gasteiger partial charge in [-0.2, -0.15) is 0 Å². The quantitative estimate of drug-likeness (QED) is 0.914. The lowest BCUT2D eigenvalue weighted by molar-refractivity contribution is 0.364. The SMILES string of the molecule is CCCn1c(C2CCNC(C)C2)nc2ccccc21. The normalized spacial score (nSPS) is 23.9. The zero-order valence-corrected chi connectivity index (χ0v) is 11.9. The van der Waals surface area contributed by atoms with Crippen LogP contribution in [0.3, 0.4) is 0 Å². The van der Waals surface area contributed by atoms with E-state index in [1.807, 2.05) is 0 Å². The highest BCUT2D eigenvalue weighted by Gasteiger charge is 2.24. The summed E-state index contributed by atoms with van der Waals surface area (Å²) < 4.78 is 2.44. The van der Waals surface area contributed by atoms with E-state index in [1.165, 1.54) is 24.2 Å². The Morgan fingerprint density at radius 3 is 3.00 bits per heavy atom. The van der Waals surface area contributed by atoms with Crippen LogP contribution in [-0.2, 0) is 6.54 Å². The van der Waals surface area contributed by atoms with Crippen molar-refractivity contribution >= 4 is 11.0 Å². The second-order valence-electron chi connectivity index (χ2n) is 5.69. The first kappa shape index (κ1) is 12.7. The molecule has 3 heteroatoms. The second kappa shape index (κ2) is 5.33. The van der Waals surface area contributed by atoms with Crippen LogP contribution in [0.15, 0.2) is 24.3 Å². The number of hydrogen-bond acceptors (Lipinski definition) is 2. The molecule has 3 nitrogen and oxygen atoms in total. The number of aryl methyl sites for hydroxylation is 1. The number of nitrogens with one attached hydrogen (secondary N) is 1. The van der Waals surface area contributed by atoms with Gasteiger partial charge in [-0.05, 0) is 44.9 Å². The molecular formula is C16H23N3. The molecule has 0 spiro atoms. The fourth-order valence-electron chi connectivity index (χ4n) is 3.23. The van der Waals surface area contributed by atoms with Gasteiger partial charge in [0.25, 0.3) is 0 Å². The summed E-state index contributed by atoms with van der Waals surface area (Å²) in [7, 11) is 0. The van der Waals surface area contributed by atoms with Crippen molar-refractivity contribution in [3.63, 3.8) is 0 Å². The molecule has 3 rings (SSSR count). The first-order chi connectivity index (χ1) is 9.29. The predicted molar refractivity (Wildman–Crippen MR) is 79.5 cm³/mol. The Bertz CT molecular complexity index is 558. The van der Waals surface area contributed by atoms with Crippen LogP contribution in [-0.4, -0.2) is 22.1 Å². The number of aromatic nitrogens is 2. The molecule has 1 aliphatic rings. The van der Waals surface area contributed by atoms with Gasteiger partial charge in [-0.3, -0.25) is 0 Å². The molecule has 1 saturated heterocycles. The summed E-state index contributed by atoms with van der Waals surface area (Å²) in [6, 6.07) is 9.14. The lowest BCUT2D eigenvalue weighted by Crippen LogP contribution is -2.35. The fourth-order valence-corrected chi connectivity index (χ4v) is 3.23. The Balaban J connectivity index is 2.03. The molecule has 19 heavy (non-hydrogen) atoms. The first-order valence-electron chi connectivity index (χ1n) is 7.48. The number of rotatable bonds is 3. The van der Waals surface area contributed by atoms with Crippen LogP contribution in [0.4, 0.5) is 0 Å². The van der Waals surface area contributed by atoms with Crippen LogP contribution < -0.4 is 5.32 Å². The van der Waals surface area contributed by atoms with Gasteiger partial charge < -0.3 is 9.88 Å². The van der Waals surface area contributed by atoms with Crippen LogP contribution in [0, 0.1) is 0 Å². The van der Waals surface area contributed by atoms with E-state index in [2.05, 4.69) is 48.0 Å². The van der Waals surface area contributed by atoms with Crippen molar-refractivity contribution < 1.29 is 0 Å². The van der Waals surface area contributed by atoms with Crippen molar-refractivity contribution in [2.75, 3.05) is 6.54 Å². The molecule has 0 radical (unpaired) electrons. The highest BCUT2D eigenvalue weighted by atomic mass is 15.1. The van der Waals surface area contributed by atoms with Crippen molar-refractivity contribution in [1.82, 2.24) is 14.9 Å². The molecule has 2 heterocycles. The monoisotopic (exact) mass is 257 g/mol. The summed E-state index contributed by atoms with van der Waals surface area (Å²) in [5, 5.41) is 3.53. The third-order valence-corrected chi connectivity index (χ3v) is 4.12. The molecule has 0 saturated carbocycles. The summed E-state index contributed by atoms with van der Waals surface area (Å²) >= 11 is 0. The van der Waals surface area contributed by atoms with E-state index in [9.17, 15) is 0 Å². The Kier molecular flexibility index (Phi) is 3.56. The Hall–Kier alpha value is -1.35. The number of hydrogen-bond donors (Lipinski definition) is 1. The molecule has 1 fully saturated rings. The molecule has 1 N–H and O–H groups in total. The molecule has 0 amide bonds. The lowest BCUT2D eigenvalue weighted by atomic mass is 9.92. The number of nitrogens with zero attached hydrogens (tertiary/aromatic N) is 2. The topological polar surface area (TPSA) is 29.9 Å². The zero-order chi connectivity index (χ0) is 13.2. The van der Waals surface area contributed by atoms with Crippen LogP contribution in [0.5, 0.6) is 0 Å². The van der Waals surface area contributed by atoms with Crippen LogP contribution in [0.25, 0.3) is 11.0 Å². The number of imidazole rings is 1. The van der Waals surface area contributed by atoms with E-state index in [-0.39, 0.29) is 0 Å². The van der Waals surface area contributed by atoms with E-state index >= 15 is 0 Å².